The van der Waals surface area contributed by atoms with Crippen molar-refractivity contribution in [3.05, 3.63) is 83.4 Å². The number of hydrogen-bond acceptors (Lipinski definition) is 3. The number of aromatic nitrogens is 2. The lowest BCUT2D eigenvalue weighted by Crippen LogP contribution is -2.19. The summed E-state index contributed by atoms with van der Waals surface area (Å²) in [5.74, 6) is -0.688. The quantitative estimate of drug-likeness (QED) is 0.376. The number of sulfonamides is 1. The van der Waals surface area contributed by atoms with Gasteiger partial charge in [0, 0.05) is 5.56 Å². The number of halogens is 4. The van der Waals surface area contributed by atoms with E-state index < -0.39 is 27.6 Å². The van der Waals surface area contributed by atoms with Crippen molar-refractivity contribution in [1.82, 2.24) is 14.7 Å². The Bertz CT molecular complexity index is 1470. The summed E-state index contributed by atoms with van der Waals surface area (Å²) < 4.78 is 79.9. The maximum absolute atomic E-state index is 13.3. The zero-order valence-corrected chi connectivity index (χ0v) is 17.9. The molecular formula is C23H17F4N3O2S. The second-order valence-corrected chi connectivity index (χ2v) is 8.98. The number of benzene rings is 3. The monoisotopic (exact) mass is 475 g/mol. The van der Waals surface area contributed by atoms with Gasteiger partial charge in [0.25, 0.3) is 0 Å². The second-order valence-electron chi connectivity index (χ2n) is 7.12. The Labute approximate surface area is 186 Å². The molecule has 170 valence electrons. The molecule has 1 aromatic heterocycles. The van der Waals surface area contributed by atoms with E-state index >= 15 is 0 Å². The van der Waals surface area contributed by atoms with Gasteiger partial charge in [-0.25, -0.2) is 22.5 Å². The summed E-state index contributed by atoms with van der Waals surface area (Å²) in [7, 11) is -2.36. The van der Waals surface area contributed by atoms with Crippen LogP contribution in [0.25, 0.3) is 34.3 Å². The summed E-state index contributed by atoms with van der Waals surface area (Å²) in [6, 6.07) is 14.1. The van der Waals surface area contributed by atoms with Gasteiger partial charge in [0.05, 0.1) is 21.5 Å². The summed E-state index contributed by atoms with van der Waals surface area (Å²) in [4.78, 5) is 7.44. The SMILES string of the molecule is CNS(=O)(=O)c1ccccc1-c1ccc2nc(C=Cc3ccc(F)cc3C(F)(F)F)[nH]c2c1. The highest BCUT2D eigenvalue weighted by Crippen LogP contribution is 2.33. The molecular weight excluding hydrogens is 458 g/mol. The molecule has 1 heterocycles. The van der Waals surface area contributed by atoms with Crippen molar-refractivity contribution in [2.24, 2.45) is 0 Å². The van der Waals surface area contributed by atoms with E-state index in [2.05, 4.69) is 14.7 Å². The molecule has 0 saturated heterocycles. The van der Waals surface area contributed by atoms with Crippen LogP contribution >= 0.6 is 0 Å². The first-order valence-corrected chi connectivity index (χ1v) is 11.1. The number of nitrogens with one attached hydrogen (secondary N) is 2. The molecule has 0 aliphatic carbocycles. The highest BCUT2D eigenvalue weighted by atomic mass is 32.2. The third kappa shape index (κ3) is 4.67. The number of rotatable bonds is 5. The third-order valence-corrected chi connectivity index (χ3v) is 6.47. The minimum atomic E-state index is -4.70. The molecule has 0 radical (unpaired) electrons. The minimum Gasteiger partial charge on any atom is -0.338 e. The maximum Gasteiger partial charge on any atom is 0.417 e. The number of nitrogens with zero attached hydrogens (tertiary/aromatic N) is 1. The first-order valence-electron chi connectivity index (χ1n) is 9.66. The van der Waals surface area contributed by atoms with E-state index in [9.17, 15) is 26.0 Å². The van der Waals surface area contributed by atoms with Gasteiger partial charge in [0.1, 0.15) is 11.6 Å². The van der Waals surface area contributed by atoms with Crippen LogP contribution in [-0.4, -0.2) is 25.4 Å². The Hall–Kier alpha value is -3.50. The lowest BCUT2D eigenvalue weighted by atomic mass is 10.1. The zero-order chi connectivity index (χ0) is 23.8. The van der Waals surface area contributed by atoms with Crippen LogP contribution in [0, 0.1) is 5.82 Å². The molecule has 0 saturated carbocycles. The van der Waals surface area contributed by atoms with Gasteiger partial charge in [-0.3, -0.25) is 0 Å². The third-order valence-electron chi connectivity index (χ3n) is 5.00. The zero-order valence-electron chi connectivity index (χ0n) is 17.1. The Morgan fingerprint density at radius 1 is 1.00 bits per heavy atom. The number of imidazole rings is 1. The van der Waals surface area contributed by atoms with Gasteiger partial charge >= 0.3 is 6.18 Å². The van der Waals surface area contributed by atoms with E-state index in [0.29, 0.717) is 28.2 Å². The predicted octanol–water partition coefficient (Wildman–Crippen LogP) is 5.47. The van der Waals surface area contributed by atoms with E-state index in [1.165, 1.54) is 25.3 Å². The van der Waals surface area contributed by atoms with E-state index in [-0.39, 0.29) is 16.3 Å². The Kier molecular flexibility index (Phi) is 5.81. The average molecular weight is 475 g/mol. The molecule has 5 nitrogen and oxygen atoms in total. The van der Waals surface area contributed by atoms with Gasteiger partial charge in [0.15, 0.2) is 0 Å². The Balaban J connectivity index is 1.72. The van der Waals surface area contributed by atoms with Crippen LogP contribution in [0.3, 0.4) is 0 Å². The van der Waals surface area contributed by atoms with Gasteiger partial charge in [-0.15, -0.1) is 0 Å². The smallest absolute Gasteiger partial charge is 0.338 e. The average Bonchev–Trinajstić information content (AvgIpc) is 3.19. The summed E-state index contributed by atoms with van der Waals surface area (Å²) >= 11 is 0. The molecule has 33 heavy (non-hydrogen) atoms. The highest BCUT2D eigenvalue weighted by molar-refractivity contribution is 7.89. The molecule has 10 heteroatoms. The Morgan fingerprint density at radius 2 is 1.76 bits per heavy atom. The molecule has 2 N–H and O–H groups in total. The van der Waals surface area contributed by atoms with Gasteiger partial charge in [-0.2, -0.15) is 13.2 Å². The molecule has 3 aromatic carbocycles. The highest BCUT2D eigenvalue weighted by Gasteiger charge is 2.33. The van der Waals surface area contributed by atoms with Crippen molar-refractivity contribution >= 4 is 33.2 Å². The molecule has 0 amide bonds. The van der Waals surface area contributed by atoms with Crippen LogP contribution in [0.15, 0.2) is 65.6 Å². The molecule has 0 atom stereocenters. The fourth-order valence-corrected chi connectivity index (χ4v) is 4.37. The molecule has 0 fully saturated rings. The van der Waals surface area contributed by atoms with Crippen molar-refractivity contribution in [1.29, 1.82) is 0 Å². The molecule has 0 bridgehead atoms. The normalized spacial score (nSPS) is 12.6. The number of alkyl halides is 3. The first-order chi connectivity index (χ1) is 15.6. The van der Waals surface area contributed by atoms with Gasteiger partial charge in [-0.05, 0) is 54.6 Å². The van der Waals surface area contributed by atoms with Crippen LogP contribution in [0.2, 0.25) is 0 Å². The first kappa shape index (κ1) is 22.7. The molecule has 0 aliphatic heterocycles. The van der Waals surface area contributed by atoms with E-state index in [1.807, 2.05) is 0 Å². The number of hydrogen-bond donors (Lipinski definition) is 2. The second kappa shape index (κ2) is 8.45. The van der Waals surface area contributed by atoms with Gasteiger partial charge in [0.2, 0.25) is 10.0 Å². The summed E-state index contributed by atoms with van der Waals surface area (Å²) in [6.45, 7) is 0. The fraction of sp³-hybridized carbons (Fsp3) is 0.0870. The topological polar surface area (TPSA) is 74.8 Å². The van der Waals surface area contributed by atoms with Crippen LogP contribution in [0.1, 0.15) is 17.0 Å². The minimum absolute atomic E-state index is 0.113. The van der Waals surface area contributed by atoms with Gasteiger partial charge in [-0.1, -0.05) is 36.4 Å². The fourth-order valence-electron chi connectivity index (χ4n) is 3.41. The molecule has 0 spiro atoms. The molecule has 4 rings (SSSR count). The largest absolute Gasteiger partial charge is 0.417 e. The van der Waals surface area contributed by atoms with Crippen molar-refractivity contribution in [3.63, 3.8) is 0 Å². The number of fused-ring (bicyclic) bond motifs is 1. The summed E-state index contributed by atoms with van der Waals surface area (Å²) in [6.07, 6.45) is -2.14. The predicted molar refractivity (Wildman–Crippen MR) is 118 cm³/mol. The van der Waals surface area contributed by atoms with E-state index in [4.69, 9.17) is 0 Å². The van der Waals surface area contributed by atoms with E-state index in [1.54, 1.807) is 36.4 Å². The standard InChI is InChI=1S/C23H17F4N3O2S/c1-28-33(31,32)21-5-3-2-4-17(21)15-7-10-19-20(12-15)30-22(29-19)11-8-14-6-9-16(24)13-18(14)23(25,26)27/h2-13,28H,1H3,(H,29,30). The maximum atomic E-state index is 13.3. The van der Waals surface area contributed by atoms with Crippen molar-refractivity contribution in [2.45, 2.75) is 11.1 Å². The summed E-state index contributed by atoms with van der Waals surface area (Å²) in [5, 5.41) is 0. The lowest BCUT2D eigenvalue weighted by Gasteiger charge is -2.10. The van der Waals surface area contributed by atoms with Crippen molar-refractivity contribution < 1.29 is 26.0 Å². The van der Waals surface area contributed by atoms with Crippen LogP contribution in [-0.2, 0) is 16.2 Å². The van der Waals surface area contributed by atoms with Crippen LogP contribution in [0.4, 0.5) is 17.6 Å². The van der Waals surface area contributed by atoms with Crippen LogP contribution in [0.5, 0.6) is 0 Å². The number of H-pyrrole nitrogens is 1. The van der Waals surface area contributed by atoms with E-state index in [0.717, 1.165) is 12.1 Å². The van der Waals surface area contributed by atoms with Crippen LogP contribution < -0.4 is 4.72 Å². The number of aromatic amines is 1. The van der Waals surface area contributed by atoms with Crippen molar-refractivity contribution in [2.75, 3.05) is 7.05 Å². The molecule has 0 aliphatic rings. The molecule has 0 unspecified atom stereocenters. The van der Waals surface area contributed by atoms with Crippen molar-refractivity contribution in [3.8, 4) is 11.1 Å². The Morgan fingerprint density at radius 3 is 2.48 bits per heavy atom. The molecule has 4 aromatic rings. The van der Waals surface area contributed by atoms with Gasteiger partial charge < -0.3 is 4.98 Å². The summed E-state index contributed by atoms with van der Waals surface area (Å²) in [5.41, 5.74) is 0.938. The lowest BCUT2D eigenvalue weighted by molar-refractivity contribution is -0.137.